The highest BCUT2D eigenvalue weighted by molar-refractivity contribution is 7.92. The van der Waals surface area contributed by atoms with Crippen LogP contribution in [-0.4, -0.2) is 26.3 Å². The molecule has 8 heteroatoms. The van der Waals surface area contributed by atoms with Crippen molar-refractivity contribution in [3.8, 4) is 0 Å². The largest absolute Gasteiger partial charge is 0.337 e. The predicted octanol–water partition coefficient (Wildman–Crippen LogP) is 4.27. The lowest BCUT2D eigenvalue weighted by atomic mass is 10.1. The molecule has 3 rings (SSSR count). The Morgan fingerprint density at radius 2 is 1.89 bits per heavy atom. The highest BCUT2D eigenvalue weighted by Gasteiger charge is 2.21. The third-order valence-electron chi connectivity index (χ3n) is 4.19. The summed E-state index contributed by atoms with van der Waals surface area (Å²) in [6, 6.07) is 13.6. The monoisotopic (exact) mass is 418 g/mol. The first-order valence-electron chi connectivity index (χ1n) is 8.44. The number of nitrogens with one attached hydrogen (secondary N) is 1. The zero-order chi connectivity index (χ0) is 20.3. The van der Waals surface area contributed by atoms with Gasteiger partial charge in [-0.25, -0.2) is 12.8 Å². The van der Waals surface area contributed by atoms with Crippen molar-refractivity contribution < 1.29 is 17.6 Å². The van der Waals surface area contributed by atoms with Gasteiger partial charge in [-0.2, -0.15) is 0 Å². The molecule has 3 aromatic rings. The molecule has 2 aromatic carbocycles. The van der Waals surface area contributed by atoms with Crippen LogP contribution in [0.1, 0.15) is 20.8 Å². The summed E-state index contributed by atoms with van der Waals surface area (Å²) in [4.78, 5) is 15.3. The molecular weight excluding hydrogens is 399 g/mol. The Labute approximate surface area is 167 Å². The molecule has 0 fully saturated rings. The Morgan fingerprint density at radius 1 is 1.14 bits per heavy atom. The van der Waals surface area contributed by atoms with Gasteiger partial charge in [-0.05, 0) is 48.2 Å². The summed E-state index contributed by atoms with van der Waals surface area (Å²) in [7, 11) is -2.38. The summed E-state index contributed by atoms with van der Waals surface area (Å²) in [6.07, 6.45) is 0. The van der Waals surface area contributed by atoms with Gasteiger partial charge in [0.1, 0.15) is 5.82 Å². The number of aryl methyl sites for hydroxylation is 1. The van der Waals surface area contributed by atoms with Crippen molar-refractivity contribution in [3.63, 3.8) is 0 Å². The van der Waals surface area contributed by atoms with Crippen LogP contribution in [0.4, 0.5) is 10.1 Å². The number of carbonyl (C=O) groups is 1. The van der Waals surface area contributed by atoms with Gasteiger partial charge in [0.05, 0.1) is 17.1 Å². The second kappa shape index (κ2) is 8.12. The number of benzene rings is 2. The lowest BCUT2D eigenvalue weighted by molar-refractivity contribution is 0.0785. The lowest BCUT2D eigenvalue weighted by Crippen LogP contribution is -2.27. The first-order valence-corrected chi connectivity index (χ1v) is 10.8. The molecule has 0 spiro atoms. The molecule has 0 saturated carbocycles. The minimum absolute atomic E-state index is 0.103. The molecule has 0 unspecified atom stereocenters. The number of sulfonamides is 1. The number of carbonyl (C=O) groups excluding carboxylic acids is 1. The zero-order valence-electron chi connectivity index (χ0n) is 15.3. The number of halogens is 1. The normalized spacial score (nSPS) is 11.2. The average Bonchev–Trinajstić information content (AvgIpc) is 3.16. The highest BCUT2D eigenvalue weighted by Crippen LogP contribution is 2.22. The Balaban J connectivity index is 1.88. The summed E-state index contributed by atoms with van der Waals surface area (Å²) in [6.45, 7) is 2.17. The van der Waals surface area contributed by atoms with Crippen molar-refractivity contribution in [2.45, 2.75) is 18.4 Å². The van der Waals surface area contributed by atoms with Crippen molar-refractivity contribution in [1.29, 1.82) is 0 Å². The second-order valence-electron chi connectivity index (χ2n) is 6.30. The quantitative estimate of drug-likeness (QED) is 0.650. The Kier molecular flexibility index (Phi) is 5.81. The number of hydrogen-bond donors (Lipinski definition) is 1. The summed E-state index contributed by atoms with van der Waals surface area (Å²) >= 11 is 1.54. The van der Waals surface area contributed by atoms with Gasteiger partial charge < -0.3 is 4.90 Å². The van der Waals surface area contributed by atoms with Crippen molar-refractivity contribution in [2.75, 3.05) is 11.8 Å². The van der Waals surface area contributed by atoms with E-state index in [1.165, 1.54) is 41.3 Å². The minimum Gasteiger partial charge on any atom is -0.337 e. The van der Waals surface area contributed by atoms with Gasteiger partial charge >= 0.3 is 0 Å². The number of nitrogens with zero attached hydrogens (tertiary/aromatic N) is 1. The highest BCUT2D eigenvalue weighted by atomic mass is 32.2. The number of thiophene rings is 1. The van der Waals surface area contributed by atoms with E-state index in [0.29, 0.717) is 12.1 Å². The van der Waals surface area contributed by atoms with Crippen LogP contribution in [0.5, 0.6) is 0 Å². The summed E-state index contributed by atoms with van der Waals surface area (Å²) in [5.41, 5.74) is 0.800. The molecule has 0 aliphatic carbocycles. The van der Waals surface area contributed by atoms with Crippen LogP contribution in [-0.2, 0) is 16.6 Å². The molecule has 0 atom stereocenters. The first-order chi connectivity index (χ1) is 13.3. The van der Waals surface area contributed by atoms with Crippen molar-refractivity contribution >= 4 is 33.0 Å². The van der Waals surface area contributed by atoms with Gasteiger partial charge in [0.25, 0.3) is 15.9 Å². The van der Waals surface area contributed by atoms with E-state index in [4.69, 9.17) is 0 Å². The number of anilines is 1. The molecule has 0 aliphatic heterocycles. The summed E-state index contributed by atoms with van der Waals surface area (Å²) in [5.74, 6) is -0.959. The van der Waals surface area contributed by atoms with Crippen molar-refractivity contribution in [1.82, 2.24) is 4.90 Å². The average molecular weight is 419 g/mol. The lowest BCUT2D eigenvalue weighted by Gasteiger charge is -2.18. The van der Waals surface area contributed by atoms with Gasteiger partial charge in [-0.1, -0.05) is 24.3 Å². The van der Waals surface area contributed by atoms with Crippen LogP contribution in [0, 0.1) is 12.7 Å². The predicted molar refractivity (Wildman–Crippen MR) is 109 cm³/mol. The molecule has 146 valence electrons. The Bertz CT molecular complexity index is 1100. The molecule has 1 heterocycles. The van der Waals surface area contributed by atoms with Crippen LogP contribution >= 0.6 is 11.3 Å². The van der Waals surface area contributed by atoms with Gasteiger partial charge in [-0.3, -0.25) is 9.52 Å². The molecule has 1 amide bonds. The number of hydrogen-bond acceptors (Lipinski definition) is 4. The number of para-hydroxylation sites is 1. The van der Waals surface area contributed by atoms with E-state index in [-0.39, 0.29) is 22.1 Å². The standard InChI is InChI=1S/C20H19FN2O3S2/c1-14-9-10-16(28(25,26)22-19-8-4-3-7-18(19)21)12-17(14)20(24)23(2)13-15-6-5-11-27-15/h3-12,22H,13H2,1-2H3. The number of amides is 1. The molecule has 28 heavy (non-hydrogen) atoms. The fourth-order valence-corrected chi connectivity index (χ4v) is 4.51. The van der Waals surface area contributed by atoms with Crippen LogP contribution in [0.2, 0.25) is 0 Å². The topological polar surface area (TPSA) is 66.5 Å². The van der Waals surface area contributed by atoms with E-state index >= 15 is 0 Å². The van der Waals surface area contributed by atoms with Crippen LogP contribution in [0.3, 0.4) is 0 Å². The van der Waals surface area contributed by atoms with Gasteiger partial charge in [0, 0.05) is 17.5 Å². The van der Waals surface area contributed by atoms with Crippen LogP contribution < -0.4 is 4.72 Å². The number of rotatable bonds is 6. The molecule has 1 aromatic heterocycles. The third-order valence-corrected chi connectivity index (χ3v) is 6.41. The maximum Gasteiger partial charge on any atom is 0.262 e. The molecule has 0 radical (unpaired) electrons. The molecular formula is C20H19FN2O3S2. The first kappa shape index (κ1) is 20.0. The van der Waals surface area contributed by atoms with E-state index in [9.17, 15) is 17.6 Å². The molecule has 0 saturated heterocycles. The fourth-order valence-electron chi connectivity index (χ4n) is 2.66. The SMILES string of the molecule is Cc1ccc(S(=O)(=O)Nc2ccccc2F)cc1C(=O)N(C)Cc1cccs1. The van der Waals surface area contributed by atoms with Gasteiger partial charge in [0.2, 0.25) is 0 Å². The molecule has 5 nitrogen and oxygen atoms in total. The van der Waals surface area contributed by atoms with E-state index in [2.05, 4.69) is 4.72 Å². The fraction of sp³-hybridized carbons (Fsp3) is 0.150. The van der Waals surface area contributed by atoms with Crippen molar-refractivity contribution in [3.05, 3.63) is 81.8 Å². The second-order valence-corrected chi connectivity index (χ2v) is 9.02. The van der Waals surface area contributed by atoms with E-state index < -0.39 is 15.8 Å². The molecule has 0 aliphatic rings. The third kappa shape index (κ3) is 4.40. The van der Waals surface area contributed by atoms with E-state index in [1.54, 1.807) is 31.4 Å². The minimum atomic E-state index is -4.04. The van der Waals surface area contributed by atoms with E-state index in [1.807, 2.05) is 17.5 Å². The summed E-state index contributed by atoms with van der Waals surface area (Å²) in [5, 5.41) is 1.93. The smallest absolute Gasteiger partial charge is 0.262 e. The van der Waals surface area contributed by atoms with Gasteiger partial charge in [-0.15, -0.1) is 11.3 Å². The van der Waals surface area contributed by atoms with Gasteiger partial charge in [0.15, 0.2) is 0 Å². The van der Waals surface area contributed by atoms with Crippen LogP contribution in [0.15, 0.2) is 64.9 Å². The maximum absolute atomic E-state index is 13.8. The van der Waals surface area contributed by atoms with Crippen LogP contribution in [0.25, 0.3) is 0 Å². The van der Waals surface area contributed by atoms with Crippen molar-refractivity contribution in [2.24, 2.45) is 0 Å². The molecule has 1 N–H and O–H groups in total. The zero-order valence-corrected chi connectivity index (χ0v) is 17.0. The molecule has 0 bridgehead atoms. The van der Waals surface area contributed by atoms with E-state index in [0.717, 1.165) is 4.88 Å². The Morgan fingerprint density at radius 3 is 2.57 bits per heavy atom. The summed E-state index contributed by atoms with van der Waals surface area (Å²) < 4.78 is 41.4. The maximum atomic E-state index is 13.8. The Hall–Kier alpha value is -2.71.